The average molecular weight is 212 g/mol. The summed E-state index contributed by atoms with van der Waals surface area (Å²) in [7, 11) is 0. The lowest BCUT2D eigenvalue weighted by atomic mass is 10.1. The van der Waals surface area contributed by atoms with Crippen LogP contribution in [0.2, 0.25) is 0 Å². The van der Waals surface area contributed by atoms with Crippen molar-refractivity contribution in [3.63, 3.8) is 0 Å². The molecule has 88 valence electrons. The van der Waals surface area contributed by atoms with Gasteiger partial charge in [-0.15, -0.1) is 0 Å². The van der Waals surface area contributed by atoms with Gasteiger partial charge in [0.15, 0.2) is 0 Å². The Hall–Kier alpha value is -0.120. The van der Waals surface area contributed by atoms with Gasteiger partial charge in [0.25, 0.3) is 0 Å². The zero-order chi connectivity index (χ0) is 10.8. The Morgan fingerprint density at radius 3 is 2.60 bits per heavy atom. The van der Waals surface area contributed by atoms with Gasteiger partial charge in [0.1, 0.15) is 0 Å². The predicted octanol–water partition coefficient (Wildman–Crippen LogP) is 0.926. The summed E-state index contributed by atoms with van der Waals surface area (Å²) in [6.07, 6.45) is 3.76. The van der Waals surface area contributed by atoms with Crippen molar-refractivity contribution >= 4 is 0 Å². The summed E-state index contributed by atoms with van der Waals surface area (Å²) in [5, 5.41) is 9.65. The van der Waals surface area contributed by atoms with E-state index in [0.717, 1.165) is 19.1 Å². The molecule has 0 radical (unpaired) electrons. The van der Waals surface area contributed by atoms with Crippen LogP contribution in [0.25, 0.3) is 0 Å². The van der Waals surface area contributed by atoms with Gasteiger partial charge in [0, 0.05) is 18.6 Å². The first-order valence-corrected chi connectivity index (χ1v) is 6.34. The average Bonchev–Trinajstić information content (AvgIpc) is 2.54. The first-order chi connectivity index (χ1) is 7.18. The Morgan fingerprint density at radius 1 is 1.13 bits per heavy atom. The van der Waals surface area contributed by atoms with Crippen LogP contribution in [0.15, 0.2) is 0 Å². The molecule has 0 amide bonds. The quantitative estimate of drug-likeness (QED) is 0.737. The van der Waals surface area contributed by atoms with Gasteiger partial charge in [0.05, 0.1) is 6.10 Å². The summed E-state index contributed by atoms with van der Waals surface area (Å²) >= 11 is 0. The largest absolute Gasteiger partial charge is 0.392 e. The number of fused-ring (bicyclic) bond motifs is 1. The molecule has 0 aromatic rings. The summed E-state index contributed by atoms with van der Waals surface area (Å²) in [6.45, 7) is 8.91. The number of hydrogen-bond donors (Lipinski definition) is 1. The molecule has 3 nitrogen and oxygen atoms in total. The third-order valence-corrected chi connectivity index (χ3v) is 4.11. The highest BCUT2D eigenvalue weighted by Gasteiger charge is 2.31. The molecular weight excluding hydrogens is 188 g/mol. The summed E-state index contributed by atoms with van der Waals surface area (Å²) in [5.74, 6) is 0. The monoisotopic (exact) mass is 212 g/mol. The van der Waals surface area contributed by atoms with Gasteiger partial charge < -0.3 is 5.11 Å². The maximum Gasteiger partial charge on any atom is 0.0664 e. The van der Waals surface area contributed by atoms with Gasteiger partial charge in [-0.3, -0.25) is 9.80 Å². The third kappa shape index (κ3) is 2.52. The molecule has 0 aromatic carbocycles. The molecule has 3 atom stereocenters. The fourth-order valence-corrected chi connectivity index (χ4v) is 2.91. The van der Waals surface area contributed by atoms with E-state index >= 15 is 0 Å². The first kappa shape index (κ1) is 11.4. The second-order valence-corrected chi connectivity index (χ2v) is 5.16. The third-order valence-electron chi connectivity index (χ3n) is 4.11. The highest BCUT2D eigenvalue weighted by Crippen LogP contribution is 2.22. The summed E-state index contributed by atoms with van der Waals surface area (Å²) in [5.41, 5.74) is 0. The van der Waals surface area contributed by atoms with E-state index in [1.165, 1.54) is 32.4 Å². The molecule has 15 heavy (non-hydrogen) atoms. The summed E-state index contributed by atoms with van der Waals surface area (Å²) in [4.78, 5) is 5.11. The Balaban J connectivity index is 1.96. The zero-order valence-corrected chi connectivity index (χ0v) is 10.0. The van der Waals surface area contributed by atoms with Gasteiger partial charge in [-0.05, 0) is 52.7 Å². The minimum Gasteiger partial charge on any atom is -0.392 e. The SMILES string of the molecule is CC(O)C(C)N1CCCN2CCCC2C1. The van der Waals surface area contributed by atoms with Crippen molar-refractivity contribution in [2.75, 3.05) is 26.2 Å². The Labute approximate surface area is 93.1 Å². The van der Waals surface area contributed by atoms with Crippen LogP contribution in [-0.2, 0) is 0 Å². The van der Waals surface area contributed by atoms with Crippen LogP contribution in [0.3, 0.4) is 0 Å². The predicted molar refractivity (Wildman–Crippen MR) is 61.9 cm³/mol. The Morgan fingerprint density at radius 2 is 1.87 bits per heavy atom. The van der Waals surface area contributed by atoms with Crippen molar-refractivity contribution in [1.82, 2.24) is 9.80 Å². The molecule has 3 heteroatoms. The maximum absolute atomic E-state index is 9.65. The van der Waals surface area contributed by atoms with Gasteiger partial charge in [0.2, 0.25) is 0 Å². The number of aliphatic hydroxyl groups is 1. The van der Waals surface area contributed by atoms with E-state index in [1.54, 1.807) is 0 Å². The van der Waals surface area contributed by atoms with Crippen molar-refractivity contribution in [2.24, 2.45) is 0 Å². The number of rotatable bonds is 2. The molecule has 0 spiro atoms. The zero-order valence-electron chi connectivity index (χ0n) is 10.0. The lowest BCUT2D eigenvalue weighted by Crippen LogP contribution is -2.45. The molecule has 0 aliphatic carbocycles. The van der Waals surface area contributed by atoms with Crippen LogP contribution in [-0.4, -0.2) is 59.3 Å². The fourth-order valence-electron chi connectivity index (χ4n) is 2.91. The van der Waals surface area contributed by atoms with Crippen LogP contribution < -0.4 is 0 Å². The second-order valence-electron chi connectivity index (χ2n) is 5.16. The van der Waals surface area contributed by atoms with Crippen LogP contribution >= 0.6 is 0 Å². The standard InChI is InChI=1S/C12H24N2O/c1-10(11(2)15)14-8-4-7-13-6-3-5-12(13)9-14/h10-12,15H,3-9H2,1-2H3. The minimum absolute atomic E-state index is 0.210. The number of aliphatic hydroxyl groups excluding tert-OH is 1. The molecule has 3 unspecified atom stereocenters. The van der Waals surface area contributed by atoms with Crippen LogP contribution in [0.5, 0.6) is 0 Å². The number of hydrogen-bond acceptors (Lipinski definition) is 3. The van der Waals surface area contributed by atoms with Crippen molar-refractivity contribution in [2.45, 2.75) is 51.3 Å². The highest BCUT2D eigenvalue weighted by atomic mass is 16.3. The number of nitrogens with zero attached hydrogens (tertiary/aromatic N) is 2. The van der Waals surface area contributed by atoms with Crippen LogP contribution in [0.1, 0.15) is 33.1 Å². The van der Waals surface area contributed by atoms with Gasteiger partial charge >= 0.3 is 0 Å². The Bertz CT molecular complexity index is 208. The molecule has 0 bridgehead atoms. The molecule has 0 saturated carbocycles. The van der Waals surface area contributed by atoms with E-state index in [0.29, 0.717) is 6.04 Å². The minimum atomic E-state index is -0.210. The van der Waals surface area contributed by atoms with E-state index in [4.69, 9.17) is 0 Å². The normalized spacial score (nSPS) is 33.4. The molecule has 2 fully saturated rings. The summed E-state index contributed by atoms with van der Waals surface area (Å²) in [6, 6.07) is 1.07. The van der Waals surface area contributed by atoms with Crippen molar-refractivity contribution in [1.29, 1.82) is 0 Å². The van der Waals surface area contributed by atoms with Crippen LogP contribution in [0.4, 0.5) is 0 Å². The lowest BCUT2D eigenvalue weighted by Gasteiger charge is -2.32. The highest BCUT2D eigenvalue weighted by molar-refractivity contribution is 4.87. The molecular formula is C12H24N2O. The maximum atomic E-state index is 9.65. The first-order valence-electron chi connectivity index (χ1n) is 6.34. The summed E-state index contributed by atoms with van der Waals surface area (Å²) < 4.78 is 0. The smallest absolute Gasteiger partial charge is 0.0664 e. The van der Waals surface area contributed by atoms with E-state index in [-0.39, 0.29) is 6.10 Å². The molecule has 0 aromatic heterocycles. The Kier molecular flexibility index (Phi) is 3.65. The van der Waals surface area contributed by atoms with E-state index < -0.39 is 0 Å². The molecule has 2 heterocycles. The van der Waals surface area contributed by atoms with Gasteiger partial charge in [-0.1, -0.05) is 0 Å². The van der Waals surface area contributed by atoms with Crippen LogP contribution in [0, 0.1) is 0 Å². The topological polar surface area (TPSA) is 26.7 Å². The second kappa shape index (κ2) is 4.81. The van der Waals surface area contributed by atoms with Gasteiger partial charge in [-0.2, -0.15) is 0 Å². The molecule has 2 aliphatic heterocycles. The lowest BCUT2D eigenvalue weighted by molar-refractivity contribution is 0.0663. The molecule has 2 rings (SSSR count). The fraction of sp³-hybridized carbons (Fsp3) is 1.00. The molecule has 1 N–H and O–H groups in total. The van der Waals surface area contributed by atoms with Crippen molar-refractivity contribution in [3.05, 3.63) is 0 Å². The molecule has 2 aliphatic rings. The van der Waals surface area contributed by atoms with Crippen molar-refractivity contribution < 1.29 is 5.11 Å². The van der Waals surface area contributed by atoms with Crippen molar-refractivity contribution in [3.8, 4) is 0 Å². The van der Waals surface area contributed by atoms with E-state index in [1.807, 2.05) is 6.92 Å². The van der Waals surface area contributed by atoms with Gasteiger partial charge in [-0.25, -0.2) is 0 Å². The molecule has 2 saturated heterocycles. The van der Waals surface area contributed by atoms with E-state index in [9.17, 15) is 5.11 Å². The van der Waals surface area contributed by atoms with E-state index in [2.05, 4.69) is 16.7 Å².